The molecule has 13 heavy (non-hydrogen) atoms. The molecule has 0 fully saturated rings. The van der Waals surface area contributed by atoms with Gasteiger partial charge in [-0.1, -0.05) is 33.6 Å². The Morgan fingerprint density at radius 2 is 2.08 bits per heavy atom. The number of hydrogen-bond acceptors (Lipinski definition) is 2. The van der Waals surface area contributed by atoms with Crippen molar-refractivity contribution in [2.24, 2.45) is 0 Å². The van der Waals surface area contributed by atoms with Gasteiger partial charge in [-0.25, -0.2) is 0 Å². The van der Waals surface area contributed by atoms with E-state index in [1.807, 2.05) is 0 Å². The lowest BCUT2D eigenvalue weighted by atomic mass is 10.1. The van der Waals surface area contributed by atoms with E-state index in [9.17, 15) is 0 Å². The van der Waals surface area contributed by atoms with Crippen LogP contribution in [0.2, 0.25) is 0 Å². The van der Waals surface area contributed by atoms with Gasteiger partial charge in [-0.15, -0.1) is 0 Å². The van der Waals surface area contributed by atoms with Gasteiger partial charge in [-0.2, -0.15) is 5.48 Å². The highest BCUT2D eigenvalue weighted by molar-refractivity contribution is 9.10. The van der Waals surface area contributed by atoms with Crippen molar-refractivity contribution in [2.45, 2.75) is 20.4 Å². The molecule has 0 heterocycles. The van der Waals surface area contributed by atoms with Gasteiger partial charge in [0.05, 0.1) is 7.11 Å². The SMILES string of the molecule is CONCc1cc(C)cc(C)c1Br. The number of rotatable bonds is 3. The quantitative estimate of drug-likeness (QED) is 0.825. The minimum atomic E-state index is 0.722. The third-order valence-corrected chi connectivity index (χ3v) is 3.02. The number of benzene rings is 1. The van der Waals surface area contributed by atoms with Crippen molar-refractivity contribution in [3.8, 4) is 0 Å². The molecule has 0 atom stereocenters. The summed E-state index contributed by atoms with van der Waals surface area (Å²) in [5, 5.41) is 0. The molecule has 0 bridgehead atoms. The van der Waals surface area contributed by atoms with Gasteiger partial charge in [0.1, 0.15) is 0 Å². The van der Waals surface area contributed by atoms with Crippen LogP contribution in [0.4, 0.5) is 0 Å². The summed E-state index contributed by atoms with van der Waals surface area (Å²) >= 11 is 3.55. The molecule has 0 aliphatic heterocycles. The van der Waals surface area contributed by atoms with Gasteiger partial charge in [0.2, 0.25) is 0 Å². The van der Waals surface area contributed by atoms with E-state index in [0.29, 0.717) is 0 Å². The molecular weight excluding hydrogens is 230 g/mol. The largest absolute Gasteiger partial charge is 0.305 e. The molecule has 0 saturated heterocycles. The Hall–Kier alpha value is -0.380. The zero-order valence-corrected chi connectivity index (χ0v) is 9.73. The smallest absolute Gasteiger partial charge is 0.0572 e. The van der Waals surface area contributed by atoms with E-state index < -0.39 is 0 Å². The van der Waals surface area contributed by atoms with Crippen LogP contribution in [0, 0.1) is 13.8 Å². The van der Waals surface area contributed by atoms with E-state index in [1.165, 1.54) is 16.7 Å². The van der Waals surface area contributed by atoms with E-state index in [4.69, 9.17) is 4.84 Å². The Morgan fingerprint density at radius 3 is 2.69 bits per heavy atom. The van der Waals surface area contributed by atoms with Crippen molar-refractivity contribution in [3.63, 3.8) is 0 Å². The van der Waals surface area contributed by atoms with Crippen molar-refractivity contribution in [3.05, 3.63) is 33.3 Å². The second kappa shape index (κ2) is 4.74. The molecule has 0 spiro atoms. The van der Waals surface area contributed by atoms with Crippen LogP contribution >= 0.6 is 15.9 Å². The molecule has 2 nitrogen and oxygen atoms in total. The van der Waals surface area contributed by atoms with E-state index >= 15 is 0 Å². The summed E-state index contributed by atoms with van der Waals surface area (Å²) in [4.78, 5) is 4.81. The molecule has 0 aliphatic carbocycles. The fourth-order valence-corrected chi connectivity index (χ4v) is 1.69. The molecule has 1 rings (SSSR count). The molecule has 3 heteroatoms. The van der Waals surface area contributed by atoms with Crippen LogP contribution < -0.4 is 5.48 Å². The predicted octanol–water partition coefficient (Wildman–Crippen LogP) is 2.72. The number of halogens is 1. The van der Waals surface area contributed by atoms with Crippen molar-refractivity contribution in [1.82, 2.24) is 5.48 Å². The third-order valence-electron chi connectivity index (χ3n) is 1.88. The van der Waals surface area contributed by atoms with Gasteiger partial charge in [0.25, 0.3) is 0 Å². The second-order valence-electron chi connectivity index (χ2n) is 3.08. The lowest BCUT2D eigenvalue weighted by Crippen LogP contribution is -2.11. The Balaban J connectivity index is 2.92. The van der Waals surface area contributed by atoms with Gasteiger partial charge >= 0.3 is 0 Å². The number of hydroxylamine groups is 1. The minimum Gasteiger partial charge on any atom is -0.305 e. The van der Waals surface area contributed by atoms with Gasteiger partial charge in [-0.3, -0.25) is 0 Å². The van der Waals surface area contributed by atoms with Crippen molar-refractivity contribution >= 4 is 15.9 Å². The lowest BCUT2D eigenvalue weighted by molar-refractivity contribution is 0.0865. The maximum Gasteiger partial charge on any atom is 0.0572 e. The summed E-state index contributed by atoms with van der Waals surface area (Å²) in [6.07, 6.45) is 0. The monoisotopic (exact) mass is 243 g/mol. The maximum atomic E-state index is 4.81. The molecule has 0 aromatic heterocycles. The number of hydrogen-bond donors (Lipinski definition) is 1. The first-order chi connectivity index (χ1) is 6.15. The van der Waals surface area contributed by atoms with Gasteiger partial charge < -0.3 is 4.84 Å². The standard InChI is InChI=1S/C10H14BrNO/c1-7-4-8(2)10(11)9(5-7)6-12-13-3/h4-5,12H,6H2,1-3H3. The maximum absolute atomic E-state index is 4.81. The highest BCUT2D eigenvalue weighted by atomic mass is 79.9. The predicted molar refractivity (Wildman–Crippen MR) is 57.5 cm³/mol. The van der Waals surface area contributed by atoms with Crippen molar-refractivity contribution < 1.29 is 4.84 Å². The normalized spacial score (nSPS) is 10.5. The minimum absolute atomic E-state index is 0.722. The highest BCUT2D eigenvalue weighted by Crippen LogP contribution is 2.22. The third kappa shape index (κ3) is 2.79. The zero-order valence-electron chi connectivity index (χ0n) is 8.15. The fourth-order valence-electron chi connectivity index (χ4n) is 1.32. The summed E-state index contributed by atoms with van der Waals surface area (Å²) in [7, 11) is 1.62. The number of nitrogens with one attached hydrogen (secondary N) is 1. The van der Waals surface area contributed by atoms with E-state index in [2.05, 4.69) is 47.4 Å². The summed E-state index contributed by atoms with van der Waals surface area (Å²) in [6.45, 7) is 4.91. The highest BCUT2D eigenvalue weighted by Gasteiger charge is 2.03. The summed E-state index contributed by atoms with van der Waals surface area (Å²) < 4.78 is 1.16. The van der Waals surface area contributed by atoms with Crippen LogP contribution in [0.1, 0.15) is 16.7 Å². The van der Waals surface area contributed by atoms with Crippen LogP contribution in [0.25, 0.3) is 0 Å². The Kier molecular flexibility index (Phi) is 3.90. The Labute approximate surface area is 87.4 Å². The van der Waals surface area contributed by atoms with Crippen LogP contribution in [0.5, 0.6) is 0 Å². The summed E-state index contributed by atoms with van der Waals surface area (Å²) in [6, 6.07) is 4.30. The van der Waals surface area contributed by atoms with E-state index in [0.717, 1.165) is 11.0 Å². The van der Waals surface area contributed by atoms with Crippen LogP contribution in [0.3, 0.4) is 0 Å². The molecular formula is C10H14BrNO. The van der Waals surface area contributed by atoms with E-state index in [1.54, 1.807) is 7.11 Å². The first-order valence-corrected chi connectivity index (χ1v) is 4.96. The average molecular weight is 244 g/mol. The summed E-state index contributed by atoms with van der Waals surface area (Å²) in [5.74, 6) is 0. The molecule has 0 aliphatic rings. The van der Waals surface area contributed by atoms with Crippen LogP contribution in [0.15, 0.2) is 16.6 Å². The zero-order chi connectivity index (χ0) is 9.84. The molecule has 0 unspecified atom stereocenters. The topological polar surface area (TPSA) is 21.3 Å². The fraction of sp³-hybridized carbons (Fsp3) is 0.400. The number of aryl methyl sites for hydroxylation is 2. The van der Waals surface area contributed by atoms with Gasteiger partial charge in [0, 0.05) is 11.0 Å². The first-order valence-electron chi connectivity index (χ1n) is 4.16. The molecule has 72 valence electrons. The summed E-state index contributed by atoms with van der Waals surface area (Å²) in [5.41, 5.74) is 6.58. The first kappa shape index (κ1) is 10.7. The van der Waals surface area contributed by atoms with Gasteiger partial charge in [-0.05, 0) is 25.0 Å². The molecule has 1 aromatic rings. The van der Waals surface area contributed by atoms with Crippen LogP contribution in [-0.2, 0) is 11.4 Å². The lowest BCUT2D eigenvalue weighted by Gasteiger charge is -2.08. The molecule has 0 saturated carbocycles. The van der Waals surface area contributed by atoms with Gasteiger partial charge in [0.15, 0.2) is 0 Å². The second-order valence-corrected chi connectivity index (χ2v) is 3.87. The van der Waals surface area contributed by atoms with Crippen molar-refractivity contribution in [2.75, 3.05) is 7.11 Å². The van der Waals surface area contributed by atoms with Crippen LogP contribution in [-0.4, -0.2) is 7.11 Å². The molecule has 1 N–H and O–H groups in total. The molecule has 0 amide bonds. The Bertz CT molecular complexity index is 299. The molecule has 1 aromatic carbocycles. The Morgan fingerprint density at radius 1 is 1.38 bits per heavy atom. The van der Waals surface area contributed by atoms with Crippen molar-refractivity contribution in [1.29, 1.82) is 0 Å². The molecule has 0 radical (unpaired) electrons. The van der Waals surface area contributed by atoms with E-state index in [-0.39, 0.29) is 0 Å². The average Bonchev–Trinajstić information content (AvgIpc) is 2.09.